The zero-order valence-corrected chi connectivity index (χ0v) is 11.3. The van der Waals surface area contributed by atoms with Crippen LogP contribution in [0.1, 0.15) is 44.1 Å². The topological polar surface area (TPSA) is 40.5 Å². The molecule has 2 N–H and O–H groups in total. The molecular weight excluding hydrogens is 235 g/mol. The molecule has 0 saturated heterocycles. The Bertz CT molecular complexity index is 462. The summed E-state index contributed by atoms with van der Waals surface area (Å²) in [6, 6.07) is 8.05. The van der Waals surface area contributed by atoms with Crippen LogP contribution in [0.3, 0.4) is 0 Å². The first kappa shape index (κ1) is 12.0. The van der Waals surface area contributed by atoms with Crippen molar-refractivity contribution in [3.63, 3.8) is 0 Å². The van der Waals surface area contributed by atoms with Gasteiger partial charge in [0, 0.05) is 0 Å². The van der Waals surface area contributed by atoms with Crippen molar-refractivity contribution in [1.82, 2.24) is 0 Å². The molecule has 2 nitrogen and oxygen atoms in total. The van der Waals surface area contributed by atoms with Crippen LogP contribution in [-0.4, -0.2) is 17.2 Å². The van der Waals surface area contributed by atoms with Crippen molar-refractivity contribution >= 4 is 12.6 Å². The van der Waals surface area contributed by atoms with Crippen LogP contribution in [0.15, 0.2) is 24.3 Å². The third-order valence-corrected chi connectivity index (χ3v) is 5.84. The highest BCUT2D eigenvalue weighted by Crippen LogP contribution is 2.60. The van der Waals surface area contributed by atoms with Crippen molar-refractivity contribution in [2.45, 2.75) is 43.9 Å². The van der Waals surface area contributed by atoms with Crippen LogP contribution in [0, 0.1) is 17.8 Å². The molecule has 1 aromatic carbocycles. The molecule has 4 bridgehead atoms. The van der Waals surface area contributed by atoms with Gasteiger partial charge in [0.05, 0.1) is 0 Å². The van der Waals surface area contributed by atoms with Crippen LogP contribution >= 0.6 is 0 Å². The van der Waals surface area contributed by atoms with E-state index in [0.717, 1.165) is 17.8 Å². The molecule has 4 fully saturated rings. The van der Waals surface area contributed by atoms with Crippen LogP contribution in [0.25, 0.3) is 0 Å². The van der Waals surface area contributed by atoms with Crippen LogP contribution in [0.4, 0.5) is 0 Å². The van der Waals surface area contributed by atoms with E-state index in [-0.39, 0.29) is 0 Å². The van der Waals surface area contributed by atoms with E-state index >= 15 is 0 Å². The van der Waals surface area contributed by atoms with Crippen molar-refractivity contribution < 1.29 is 10.0 Å². The van der Waals surface area contributed by atoms with Crippen molar-refractivity contribution in [2.24, 2.45) is 17.8 Å². The second-order valence-corrected chi connectivity index (χ2v) is 7.20. The molecule has 0 radical (unpaired) electrons. The largest absolute Gasteiger partial charge is 0.488 e. The molecule has 4 aliphatic rings. The molecule has 1 aromatic rings. The molecule has 0 aliphatic heterocycles. The average molecular weight is 256 g/mol. The predicted octanol–water partition coefficient (Wildman–Crippen LogP) is 1.83. The van der Waals surface area contributed by atoms with Crippen molar-refractivity contribution in [1.29, 1.82) is 0 Å². The maximum absolute atomic E-state index is 9.39. The van der Waals surface area contributed by atoms with Crippen LogP contribution in [-0.2, 0) is 5.41 Å². The minimum Gasteiger partial charge on any atom is -0.423 e. The van der Waals surface area contributed by atoms with E-state index in [4.69, 9.17) is 0 Å². The molecule has 19 heavy (non-hydrogen) atoms. The molecular formula is C16H21BO2. The summed E-state index contributed by atoms with van der Waals surface area (Å²) in [6.45, 7) is 0. The fraction of sp³-hybridized carbons (Fsp3) is 0.625. The van der Waals surface area contributed by atoms with Gasteiger partial charge in [0.1, 0.15) is 0 Å². The SMILES string of the molecule is OB(O)c1cccc(C23CC4CC(CC(C4)C2)C3)c1. The van der Waals surface area contributed by atoms with E-state index in [9.17, 15) is 10.0 Å². The molecule has 0 unspecified atom stereocenters. The smallest absolute Gasteiger partial charge is 0.423 e. The van der Waals surface area contributed by atoms with Gasteiger partial charge in [-0.2, -0.15) is 0 Å². The summed E-state index contributed by atoms with van der Waals surface area (Å²) in [4.78, 5) is 0. The Hall–Kier alpha value is -0.795. The molecule has 0 aromatic heterocycles. The van der Waals surface area contributed by atoms with E-state index in [2.05, 4.69) is 6.07 Å². The lowest BCUT2D eigenvalue weighted by Crippen LogP contribution is -2.49. The van der Waals surface area contributed by atoms with E-state index in [1.807, 2.05) is 18.2 Å². The number of benzene rings is 1. The fourth-order valence-corrected chi connectivity index (χ4v) is 5.49. The Kier molecular flexibility index (Phi) is 2.58. The summed E-state index contributed by atoms with van der Waals surface area (Å²) in [5.41, 5.74) is 2.35. The Balaban J connectivity index is 1.73. The monoisotopic (exact) mass is 256 g/mol. The van der Waals surface area contributed by atoms with Gasteiger partial charge in [-0.05, 0) is 72.7 Å². The van der Waals surface area contributed by atoms with Crippen LogP contribution in [0.2, 0.25) is 0 Å². The summed E-state index contributed by atoms with van der Waals surface area (Å²) >= 11 is 0. The van der Waals surface area contributed by atoms with E-state index in [1.165, 1.54) is 44.1 Å². The second-order valence-electron chi connectivity index (χ2n) is 7.20. The van der Waals surface area contributed by atoms with Gasteiger partial charge in [-0.15, -0.1) is 0 Å². The molecule has 100 valence electrons. The summed E-state index contributed by atoms with van der Waals surface area (Å²) < 4.78 is 0. The van der Waals surface area contributed by atoms with E-state index in [1.54, 1.807) is 0 Å². The van der Waals surface area contributed by atoms with Gasteiger partial charge in [-0.25, -0.2) is 0 Å². The van der Waals surface area contributed by atoms with E-state index in [0.29, 0.717) is 10.9 Å². The Morgan fingerprint density at radius 2 is 1.53 bits per heavy atom. The van der Waals surface area contributed by atoms with Crippen molar-refractivity contribution in [3.8, 4) is 0 Å². The first-order valence-electron chi connectivity index (χ1n) is 7.61. The summed E-state index contributed by atoms with van der Waals surface area (Å²) in [5.74, 6) is 2.77. The number of hydrogen-bond acceptors (Lipinski definition) is 2. The average Bonchev–Trinajstić information content (AvgIpc) is 2.37. The zero-order valence-electron chi connectivity index (χ0n) is 11.3. The summed E-state index contributed by atoms with van der Waals surface area (Å²) in [6.07, 6.45) is 8.31. The van der Waals surface area contributed by atoms with Crippen molar-refractivity contribution in [2.75, 3.05) is 0 Å². The molecule has 4 aliphatic carbocycles. The van der Waals surface area contributed by atoms with Crippen LogP contribution < -0.4 is 5.46 Å². The lowest BCUT2D eigenvalue weighted by atomic mass is 9.48. The Morgan fingerprint density at radius 1 is 0.947 bits per heavy atom. The second kappa shape index (κ2) is 4.10. The lowest BCUT2D eigenvalue weighted by Gasteiger charge is -2.57. The van der Waals surface area contributed by atoms with Crippen LogP contribution in [0.5, 0.6) is 0 Å². The molecule has 3 heteroatoms. The highest BCUT2D eigenvalue weighted by atomic mass is 16.4. The number of rotatable bonds is 2. The maximum Gasteiger partial charge on any atom is 0.488 e. The molecule has 0 spiro atoms. The molecule has 5 rings (SSSR count). The zero-order chi connectivity index (χ0) is 13.0. The van der Waals surface area contributed by atoms with Gasteiger partial charge in [-0.3, -0.25) is 0 Å². The van der Waals surface area contributed by atoms with E-state index < -0.39 is 7.12 Å². The van der Waals surface area contributed by atoms with Gasteiger partial charge >= 0.3 is 7.12 Å². The standard InChI is InChI=1S/C16H21BO2/c18-17(19)15-3-1-2-14(7-15)16-8-11-4-12(9-16)6-13(5-11)10-16/h1-3,7,11-13,18-19H,4-6,8-10H2. The predicted molar refractivity (Wildman–Crippen MR) is 76.1 cm³/mol. The Morgan fingerprint density at radius 3 is 2.05 bits per heavy atom. The lowest BCUT2D eigenvalue weighted by molar-refractivity contribution is -0.00515. The van der Waals surface area contributed by atoms with Gasteiger partial charge in [0.15, 0.2) is 0 Å². The normalized spacial score (nSPS) is 39.6. The summed E-state index contributed by atoms with van der Waals surface area (Å²) in [5, 5.41) is 18.8. The molecule has 0 heterocycles. The quantitative estimate of drug-likeness (QED) is 0.792. The fourth-order valence-electron chi connectivity index (χ4n) is 5.49. The van der Waals surface area contributed by atoms with Gasteiger partial charge in [0.2, 0.25) is 0 Å². The third-order valence-electron chi connectivity index (χ3n) is 5.84. The molecule has 0 amide bonds. The minimum atomic E-state index is -1.34. The minimum absolute atomic E-state index is 0.347. The van der Waals surface area contributed by atoms with Gasteiger partial charge < -0.3 is 10.0 Å². The molecule has 0 atom stereocenters. The molecule has 4 saturated carbocycles. The Labute approximate surface area is 115 Å². The third kappa shape index (κ3) is 1.86. The number of hydrogen-bond donors (Lipinski definition) is 2. The highest BCUT2D eigenvalue weighted by molar-refractivity contribution is 6.58. The summed E-state index contributed by atoms with van der Waals surface area (Å²) in [7, 11) is -1.34. The highest BCUT2D eigenvalue weighted by Gasteiger charge is 2.51. The maximum atomic E-state index is 9.39. The van der Waals surface area contributed by atoms with Gasteiger partial charge in [0.25, 0.3) is 0 Å². The first-order chi connectivity index (χ1) is 9.14. The van der Waals surface area contributed by atoms with Crippen molar-refractivity contribution in [3.05, 3.63) is 29.8 Å². The van der Waals surface area contributed by atoms with Gasteiger partial charge in [-0.1, -0.05) is 24.3 Å². The first-order valence-corrected chi connectivity index (χ1v) is 7.61.